The Bertz CT molecular complexity index is 1520. The summed E-state index contributed by atoms with van der Waals surface area (Å²) in [6.07, 6.45) is 52.1. The number of carboxylic acids is 1. The van der Waals surface area contributed by atoms with Gasteiger partial charge in [-0.1, -0.05) is 236 Å². The van der Waals surface area contributed by atoms with E-state index in [2.05, 4.69) is 69.4 Å². The van der Waals surface area contributed by atoms with E-state index in [9.17, 15) is 34.5 Å². The second kappa shape index (κ2) is 53.3. The molecule has 0 spiro atoms. The quantitative estimate of drug-likeness (QED) is 0.0228. The van der Waals surface area contributed by atoms with Crippen LogP contribution < -0.4 is 0 Å². The number of aliphatic carboxylic acids is 1. The van der Waals surface area contributed by atoms with Crippen LogP contribution in [0.2, 0.25) is 0 Å². The number of esters is 3. The molecule has 6 unspecified atom stereocenters. The lowest BCUT2D eigenvalue weighted by molar-refractivity contribution is -0.301. The van der Waals surface area contributed by atoms with Crippen molar-refractivity contribution < 1.29 is 58.2 Å². The van der Waals surface area contributed by atoms with Gasteiger partial charge in [0.05, 0.1) is 6.61 Å². The predicted octanol–water partition coefficient (Wildman–Crippen LogP) is 16.6. The van der Waals surface area contributed by atoms with Gasteiger partial charge in [-0.25, -0.2) is 4.79 Å². The summed E-state index contributed by atoms with van der Waals surface area (Å²) in [6, 6.07) is 0. The molecule has 0 saturated carbocycles. The zero-order valence-corrected chi connectivity index (χ0v) is 49.2. The molecule has 0 bridgehead atoms. The summed E-state index contributed by atoms with van der Waals surface area (Å²) >= 11 is 0. The Hall–Kier alpha value is -3.32. The summed E-state index contributed by atoms with van der Waals surface area (Å²) in [5.41, 5.74) is 0. The van der Waals surface area contributed by atoms with E-state index in [1.807, 2.05) is 0 Å². The Morgan fingerprint density at radius 2 is 0.779 bits per heavy atom. The van der Waals surface area contributed by atoms with Gasteiger partial charge in [-0.05, 0) is 83.5 Å². The zero-order chi connectivity index (χ0) is 56.1. The molecule has 12 nitrogen and oxygen atoms in total. The number of unbranched alkanes of at least 4 members (excludes halogenated alkanes) is 32. The van der Waals surface area contributed by atoms with Gasteiger partial charge in [-0.15, -0.1) is 0 Å². The van der Waals surface area contributed by atoms with E-state index in [-0.39, 0.29) is 25.9 Å². The van der Waals surface area contributed by atoms with Crippen molar-refractivity contribution in [2.45, 2.75) is 327 Å². The van der Waals surface area contributed by atoms with Crippen LogP contribution >= 0.6 is 0 Å². The van der Waals surface area contributed by atoms with Crippen LogP contribution in [0, 0.1) is 0 Å². The Morgan fingerprint density at radius 1 is 0.429 bits per heavy atom. The minimum Gasteiger partial charge on any atom is -0.479 e. The molecule has 0 radical (unpaired) electrons. The highest BCUT2D eigenvalue weighted by molar-refractivity contribution is 5.74. The molecular formula is C65H114O12. The monoisotopic (exact) mass is 1090 g/mol. The third-order valence-corrected chi connectivity index (χ3v) is 14.4. The van der Waals surface area contributed by atoms with Crippen LogP contribution in [0.15, 0.2) is 48.6 Å². The lowest BCUT2D eigenvalue weighted by atomic mass is 9.98. The number of ether oxygens (including phenoxy) is 5. The highest BCUT2D eigenvalue weighted by Crippen LogP contribution is 2.27. The minimum absolute atomic E-state index is 0.0533. The lowest BCUT2D eigenvalue weighted by Crippen LogP contribution is -2.61. The van der Waals surface area contributed by atoms with Gasteiger partial charge in [-0.2, -0.15) is 0 Å². The Morgan fingerprint density at radius 3 is 1.19 bits per heavy atom. The number of carboxylic acid groups (broad SMARTS) is 1. The fraction of sp³-hybridized carbons (Fsp3) is 0.815. The van der Waals surface area contributed by atoms with E-state index in [0.717, 1.165) is 109 Å². The standard InChI is InChI=1S/C65H114O12/c1-4-7-10-13-16-19-22-24-26-28-29-31-32-34-37-39-42-45-48-51-57(66)73-54-56(75-58(67)52-49-46-43-40-36-21-18-15-12-9-6-3)55-74-65-63(61(70)60(69)62(77-65)64(71)72)76-59(68)53-50-47-44-41-38-35-33-30-27-25-23-20-17-14-11-8-5-2/h16-17,19-20,24-27,56,60-63,65,69-70H,4-15,18,21-23,28-55H2,1-3H3,(H,71,72)/b19-16-,20-17-,26-24-,27-25-. The molecule has 1 saturated heterocycles. The molecule has 6 atom stereocenters. The molecule has 77 heavy (non-hydrogen) atoms. The van der Waals surface area contributed by atoms with Gasteiger partial charge in [0, 0.05) is 19.3 Å². The summed E-state index contributed by atoms with van der Waals surface area (Å²) in [7, 11) is 0. The van der Waals surface area contributed by atoms with Gasteiger partial charge in [0.15, 0.2) is 24.6 Å². The van der Waals surface area contributed by atoms with E-state index < -0.39 is 67.3 Å². The zero-order valence-electron chi connectivity index (χ0n) is 49.2. The SMILES string of the molecule is CCCCC/C=C\C/C=C\CCCCCCCCCCCC(=O)OCC(COC1OC(C(=O)O)C(O)C(O)C1OC(=O)CCCCCCCCC/C=C\C/C=C\CCCCC)OC(=O)CCCCCCCCCCCCC. The van der Waals surface area contributed by atoms with Gasteiger partial charge in [0.1, 0.15) is 18.8 Å². The van der Waals surface area contributed by atoms with E-state index in [0.29, 0.717) is 19.3 Å². The second-order valence-electron chi connectivity index (χ2n) is 21.7. The first-order valence-electron chi connectivity index (χ1n) is 31.6. The summed E-state index contributed by atoms with van der Waals surface area (Å²) in [5.74, 6) is -3.11. The number of aliphatic hydroxyl groups is 2. The summed E-state index contributed by atoms with van der Waals surface area (Å²) in [4.78, 5) is 51.2. The number of aliphatic hydroxyl groups excluding tert-OH is 2. The topological polar surface area (TPSA) is 175 Å². The van der Waals surface area contributed by atoms with Gasteiger partial charge in [-0.3, -0.25) is 14.4 Å². The fourth-order valence-electron chi connectivity index (χ4n) is 9.49. The van der Waals surface area contributed by atoms with Crippen molar-refractivity contribution in [2.24, 2.45) is 0 Å². The highest BCUT2D eigenvalue weighted by atomic mass is 16.7. The number of carbonyl (C=O) groups is 4. The van der Waals surface area contributed by atoms with Crippen LogP contribution in [-0.4, -0.2) is 89.2 Å². The van der Waals surface area contributed by atoms with Gasteiger partial charge >= 0.3 is 23.9 Å². The van der Waals surface area contributed by atoms with Crippen LogP contribution in [0.4, 0.5) is 0 Å². The first-order valence-corrected chi connectivity index (χ1v) is 31.6. The number of rotatable bonds is 54. The maximum atomic E-state index is 13.1. The van der Waals surface area contributed by atoms with Crippen molar-refractivity contribution in [3.63, 3.8) is 0 Å². The van der Waals surface area contributed by atoms with Gasteiger partial charge < -0.3 is 39.0 Å². The van der Waals surface area contributed by atoms with Crippen molar-refractivity contribution in [3.8, 4) is 0 Å². The summed E-state index contributed by atoms with van der Waals surface area (Å²) in [5, 5.41) is 31.5. The molecule has 0 aromatic carbocycles. The first-order chi connectivity index (χ1) is 37.6. The molecule has 1 heterocycles. The molecule has 1 aliphatic rings. The first kappa shape index (κ1) is 71.7. The third-order valence-electron chi connectivity index (χ3n) is 14.4. The van der Waals surface area contributed by atoms with Crippen molar-refractivity contribution >= 4 is 23.9 Å². The molecule has 0 aromatic rings. The number of hydrogen-bond donors (Lipinski definition) is 3. The maximum absolute atomic E-state index is 13.1. The predicted molar refractivity (Wildman–Crippen MR) is 312 cm³/mol. The number of carbonyl (C=O) groups excluding carboxylic acids is 3. The van der Waals surface area contributed by atoms with Crippen LogP contribution in [-0.2, 0) is 42.9 Å². The Kier molecular flexibility index (Phi) is 49.7. The van der Waals surface area contributed by atoms with Crippen LogP contribution in [0.25, 0.3) is 0 Å². The van der Waals surface area contributed by atoms with Crippen molar-refractivity contribution in [3.05, 3.63) is 48.6 Å². The lowest BCUT2D eigenvalue weighted by Gasteiger charge is -2.40. The van der Waals surface area contributed by atoms with E-state index in [1.54, 1.807) is 0 Å². The molecule has 1 aliphatic heterocycles. The normalized spacial score (nSPS) is 18.3. The van der Waals surface area contributed by atoms with Crippen molar-refractivity contribution in [2.75, 3.05) is 13.2 Å². The molecule has 446 valence electrons. The Balaban J connectivity index is 2.63. The average molecular weight is 1090 g/mol. The molecule has 1 fully saturated rings. The van der Waals surface area contributed by atoms with Crippen LogP contribution in [0.3, 0.4) is 0 Å². The van der Waals surface area contributed by atoms with Crippen molar-refractivity contribution in [1.29, 1.82) is 0 Å². The summed E-state index contributed by atoms with van der Waals surface area (Å²) < 4.78 is 28.5. The molecule has 0 aliphatic carbocycles. The minimum atomic E-state index is -1.90. The number of hydrogen-bond acceptors (Lipinski definition) is 11. The van der Waals surface area contributed by atoms with Gasteiger partial charge in [0.2, 0.25) is 0 Å². The van der Waals surface area contributed by atoms with Crippen LogP contribution in [0.5, 0.6) is 0 Å². The van der Waals surface area contributed by atoms with E-state index in [1.165, 1.54) is 122 Å². The molecule has 12 heteroatoms. The number of allylic oxidation sites excluding steroid dienone is 8. The molecule has 0 aromatic heterocycles. The molecule has 0 amide bonds. The fourth-order valence-corrected chi connectivity index (χ4v) is 9.49. The summed E-state index contributed by atoms with van der Waals surface area (Å²) in [6.45, 7) is 5.96. The second-order valence-corrected chi connectivity index (χ2v) is 21.7. The highest BCUT2D eigenvalue weighted by Gasteiger charge is 2.50. The molecule has 1 rings (SSSR count). The van der Waals surface area contributed by atoms with E-state index >= 15 is 0 Å². The largest absolute Gasteiger partial charge is 0.479 e. The maximum Gasteiger partial charge on any atom is 0.335 e. The molecule has 3 N–H and O–H groups in total. The Labute approximate surface area is 469 Å². The smallest absolute Gasteiger partial charge is 0.335 e. The van der Waals surface area contributed by atoms with Crippen molar-refractivity contribution in [1.82, 2.24) is 0 Å². The average Bonchev–Trinajstić information content (AvgIpc) is 3.41. The molecular weight excluding hydrogens is 973 g/mol. The third kappa shape index (κ3) is 43.2. The van der Waals surface area contributed by atoms with Gasteiger partial charge in [0.25, 0.3) is 0 Å². The van der Waals surface area contributed by atoms with Crippen LogP contribution in [0.1, 0.15) is 290 Å². The van der Waals surface area contributed by atoms with E-state index in [4.69, 9.17) is 23.7 Å².